The van der Waals surface area contributed by atoms with Gasteiger partial charge >= 0.3 is 0 Å². The van der Waals surface area contributed by atoms with E-state index in [0.717, 1.165) is 21.5 Å². The number of para-hydroxylation sites is 1. The second kappa shape index (κ2) is 9.23. The fourth-order valence-electron chi connectivity index (χ4n) is 2.54. The summed E-state index contributed by atoms with van der Waals surface area (Å²) in [5, 5.41) is 2.72. The number of hydrogen-bond acceptors (Lipinski definition) is 4. The van der Waals surface area contributed by atoms with Gasteiger partial charge in [-0.2, -0.15) is 0 Å². The van der Waals surface area contributed by atoms with Crippen LogP contribution in [0, 0.1) is 12.7 Å². The number of aryl methyl sites for hydroxylation is 1. The first kappa shape index (κ1) is 21.2. The smallest absolute Gasteiger partial charge is 0.243 e. The first-order valence-corrected chi connectivity index (χ1v) is 11.2. The van der Waals surface area contributed by atoms with E-state index >= 15 is 0 Å². The Morgan fingerprint density at radius 2 is 1.81 bits per heavy atom. The molecule has 0 saturated heterocycles. The largest absolute Gasteiger partial charge is 0.353 e. The van der Waals surface area contributed by atoms with Gasteiger partial charge in [0.15, 0.2) is 0 Å². The predicted octanol–water partition coefficient (Wildman–Crippen LogP) is 3.20. The van der Waals surface area contributed by atoms with Crippen molar-refractivity contribution >= 4 is 33.4 Å². The van der Waals surface area contributed by atoms with Gasteiger partial charge in [-0.3, -0.25) is 9.10 Å². The van der Waals surface area contributed by atoms with Gasteiger partial charge < -0.3 is 5.32 Å². The molecule has 27 heavy (non-hydrogen) atoms. The third-order valence-corrected chi connectivity index (χ3v) is 6.11. The molecule has 0 radical (unpaired) electrons. The van der Waals surface area contributed by atoms with Crippen molar-refractivity contribution in [2.24, 2.45) is 0 Å². The second-order valence-corrected chi connectivity index (χ2v) is 9.17. The van der Waals surface area contributed by atoms with Crippen LogP contribution in [0.2, 0.25) is 0 Å². The number of nitrogens with zero attached hydrogens (tertiary/aromatic N) is 1. The zero-order chi connectivity index (χ0) is 20.0. The number of thioether (sulfide) groups is 1. The number of sulfonamides is 1. The zero-order valence-electron chi connectivity index (χ0n) is 15.5. The normalized spacial score (nSPS) is 12.4. The zero-order valence-corrected chi connectivity index (χ0v) is 17.1. The minimum atomic E-state index is -3.84. The fraction of sp³-hybridized carbons (Fsp3) is 0.316. The third kappa shape index (κ3) is 5.97. The lowest BCUT2D eigenvalue weighted by Crippen LogP contribution is -2.48. The summed E-state index contributed by atoms with van der Waals surface area (Å²) in [6.45, 7) is 3.83. The summed E-state index contributed by atoms with van der Waals surface area (Å²) in [6, 6.07) is 12.5. The molecule has 0 saturated carbocycles. The van der Waals surface area contributed by atoms with Crippen LogP contribution in [0.5, 0.6) is 0 Å². The van der Waals surface area contributed by atoms with Crippen molar-refractivity contribution < 1.29 is 17.6 Å². The summed E-state index contributed by atoms with van der Waals surface area (Å²) in [7, 11) is -3.84. The fourth-order valence-corrected chi connectivity index (χ4v) is 4.48. The van der Waals surface area contributed by atoms with Crippen LogP contribution in [0.4, 0.5) is 10.1 Å². The highest BCUT2D eigenvalue weighted by Crippen LogP contribution is 2.24. The van der Waals surface area contributed by atoms with E-state index in [2.05, 4.69) is 5.32 Å². The number of amides is 1. The molecule has 1 atom stereocenters. The highest BCUT2D eigenvalue weighted by molar-refractivity contribution is 7.99. The van der Waals surface area contributed by atoms with Crippen molar-refractivity contribution in [3.8, 4) is 0 Å². The summed E-state index contributed by atoms with van der Waals surface area (Å²) in [5.41, 5.74) is 1.03. The van der Waals surface area contributed by atoms with Crippen LogP contribution in [-0.2, 0) is 14.8 Å². The number of anilines is 1. The maximum absolute atomic E-state index is 14.1. The van der Waals surface area contributed by atoms with Crippen LogP contribution in [-0.4, -0.2) is 38.9 Å². The Bertz CT molecular complexity index is 886. The number of rotatable bonds is 8. The number of hydrogen-bond donors (Lipinski definition) is 1. The van der Waals surface area contributed by atoms with Gasteiger partial charge in [0.1, 0.15) is 11.9 Å². The molecule has 2 aromatic rings. The average Bonchev–Trinajstić information content (AvgIpc) is 2.60. The van der Waals surface area contributed by atoms with Crippen LogP contribution < -0.4 is 9.62 Å². The molecule has 0 fully saturated rings. The molecule has 146 valence electrons. The summed E-state index contributed by atoms with van der Waals surface area (Å²) in [6.07, 6.45) is 0.955. The van der Waals surface area contributed by atoms with Crippen molar-refractivity contribution in [1.29, 1.82) is 0 Å². The molecule has 8 heteroatoms. The van der Waals surface area contributed by atoms with E-state index in [1.165, 1.54) is 30.7 Å². The number of carbonyl (C=O) groups is 1. The van der Waals surface area contributed by atoms with Crippen molar-refractivity contribution in [3.63, 3.8) is 0 Å². The van der Waals surface area contributed by atoms with Crippen molar-refractivity contribution in [2.45, 2.75) is 24.8 Å². The molecule has 0 aliphatic carbocycles. The van der Waals surface area contributed by atoms with E-state index in [-0.39, 0.29) is 5.69 Å². The Morgan fingerprint density at radius 3 is 2.41 bits per heavy atom. The summed E-state index contributed by atoms with van der Waals surface area (Å²) < 4.78 is 39.2. The van der Waals surface area contributed by atoms with Gasteiger partial charge in [0.25, 0.3) is 0 Å². The Labute approximate surface area is 164 Å². The van der Waals surface area contributed by atoms with Gasteiger partial charge in [0.05, 0.1) is 11.9 Å². The maximum Gasteiger partial charge on any atom is 0.243 e. The van der Waals surface area contributed by atoms with Crippen LogP contribution in [0.25, 0.3) is 0 Å². The van der Waals surface area contributed by atoms with Crippen LogP contribution in [0.15, 0.2) is 53.4 Å². The minimum Gasteiger partial charge on any atom is -0.353 e. The number of carbonyl (C=O) groups excluding carboxylic acids is 1. The van der Waals surface area contributed by atoms with Crippen molar-refractivity contribution in [1.82, 2.24) is 5.32 Å². The van der Waals surface area contributed by atoms with E-state index in [9.17, 15) is 17.6 Å². The molecule has 0 unspecified atom stereocenters. The van der Waals surface area contributed by atoms with E-state index in [1.54, 1.807) is 11.8 Å². The van der Waals surface area contributed by atoms with Crippen LogP contribution in [0.3, 0.4) is 0 Å². The summed E-state index contributed by atoms with van der Waals surface area (Å²) >= 11 is 1.59. The molecule has 1 amide bonds. The molecule has 5 nitrogen and oxygen atoms in total. The van der Waals surface area contributed by atoms with Crippen molar-refractivity contribution in [3.05, 3.63) is 59.9 Å². The van der Waals surface area contributed by atoms with E-state index in [0.29, 0.717) is 12.3 Å². The van der Waals surface area contributed by atoms with Gasteiger partial charge in [0, 0.05) is 17.2 Å². The number of benzene rings is 2. The standard InChI is InChI=1S/C19H23FN2O3S2/c1-14-8-10-16(11-9-14)26-13-12-21-19(23)15(2)22(27(3,24)25)18-7-5-4-6-17(18)20/h4-11,15H,12-13H2,1-3H3,(H,21,23)/t15-/m1/s1. The van der Waals surface area contributed by atoms with Crippen LogP contribution >= 0.6 is 11.8 Å². The van der Waals surface area contributed by atoms with E-state index < -0.39 is 27.8 Å². The van der Waals surface area contributed by atoms with Gasteiger partial charge in [0.2, 0.25) is 15.9 Å². The van der Waals surface area contributed by atoms with Gasteiger partial charge in [-0.05, 0) is 38.1 Å². The first-order valence-electron chi connectivity index (χ1n) is 8.41. The molecule has 2 rings (SSSR count). The molecule has 0 spiro atoms. The summed E-state index contributed by atoms with van der Waals surface area (Å²) in [5.74, 6) is -0.536. The highest BCUT2D eigenvalue weighted by Gasteiger charge is 2.30. The van der Waals surface area contributed by atoms with E-state index in [1.807, 2.05) is 31.2 Å². The van der Waals surface area contributed by atoms with E-state index in [4.69, 9.17) is 0 Å². The lowest BCUT2D eigenvalue weighted by Gasteiger charge is -2.28. The second-order valence-electron chi connectivity index (χ2n) is 6.14. The molecule has 0 aromatic heterocycles. The van der Waals surface area contributed by atoms with Crippen LogP contribution in [0.1, 0.15) is 12.5 Å². The highest BCUT2D eigenvalue weighted by atomic mass is 32.2. The number of halogens is 1. The van der Waals surface area contributed by atoms with Gasteiger partial charge in [-0.25, -0.2) is 12.8 Å². The first-order chi connectivity index (χ1) is 12.7. The minimum absolute atomic E-state index is 0.142. The maximum atomic E-state index is 14.1. The molecule has 0 heterocycles. The molecule has 0 aliphatic heterocycles. The Hall–Kier alpha value is -2.06. The van der Waals surface area contributed by atoms with Crippen molar-refractivity contribution in [2.75, 3.05) is 22.9 Å². The molecule has 0 bridgehead atoms. The molecular formula is C19H23FN2O3S2. The Kier molecular flexibility index (Phi) is 7.26. The topological polar surface area (TPSA) is 66.5 Å². The van der Waals surface area contributed by atoms with Gasteiger partial charge in [-0.15, -0.1) is 11.8 Å². The molecule has 0 aliphatic rings. The van der Waals surface area contributed by atoms with Gasteiger partial charge in [-0.1, -0.05) is 29.8 Å². The molecule has 1 N–H and O–H groups in total. The molecular weight excluding hydrogens is 387 g/mol. The summed E-state index contributed by atoms with van der Waals surface area (Å²) in [4.78, 5) is 13.5. The lowest BCUT2D eigenvalue weighted by atomic mass is 10.2. The average molecular weight is 411 g/mol. The third-order valence-electron chi connectivity index (χ3n) is 3.87. The quantitative estimate of drug-likeness (QED) is 0.536. The predicted molar refractivity (Wildman–Crippen MR) is 108 cm³/mol. The Balaban J connectivity index is 1.99. The lowest BCUT2D eigenvalue weighted by molar-refractivity contribution is -0.121. The number of nitrogens with one attached hydrogen (secondary N) is 1. The SMILES string of the molecule is Cc1ccc(SCCNC(=O)[C@@H](C)N(c2ccccc2F)S(C)(=O)=O)cc1. The monoisotopic (exact) mass is 410 g/mol. The molecule has 2 aromatic carbocycles. The Morgan fingerprint density at radius 1 is 1.19 bits per heavy atom.